The van der Waals surface area contributed by atoms with E-state index in [2.05, 4.69) is 24.1 Å². The van der Waals surface area contributed by atoms with Gasteiger partial charge in [-0.15, -0.1) is 0 Å². The fourth-order valence-electron chi connectivity index (χ4n) is 1.97. The van der Waals surface area contributed by atoms with E-state index >= 15 is 0 Å². The van der Waals surface area contributed by atoms with Gasteiger partial charge in [-0.25, -0.2) is 9.37 Å². The van der Waals surface area contributed by atoms with Crippen molar-refractivity contribution in [1.82, 2.24) is 10.3 Å². The van der Waals surface area contributed by atoms with E-state index in [-0.39, 0.29) is 5.82 Å². The van der Waals surface area contributed by atoms with Gasteiger partial charge in [0, 0.05) is 6.42 Å². The molecule has 2 aromatic rings. The van der Waals surface area contributed by atoms with Crippen LogP contribution in [0.15, 0.2) is 34.9 Å². The molecule has 1 aromatic heterocycles. The van der Waals surface area contributed by atoms with Gasteiger partial charge >= 0.3 is 0 Å². The molecule has 20 heavy (non-hydrogen) atoms. The van der Waals surface area contributed by atoms with Crippen molar-refractivity contribution in [2.75, 3.05) is 13.1 Å². The maximum absolute atomic E-state index is 13.6. The van der Waals surface area contributed by atoms with Crippen molar-refractivity contribution in [1.29, 1.82) is 0 Å². The zero-order chi connectivity index (χ0) is 14.4. The number of oxazole rings is 1. The first kappa shape index (κ1) is 14.7. The second-order valence-corrected chi connectivity index (χ2v) is 5.30. The van der Waals surface area contributed by atoms with Crippen LogP contribution >= 0.6 is 0 Å². The maximum Gasteiger partial charge on any atom is 0.194 e. The van der Waals surface area contributed by atoms with E-state index in [1.807, 2.05) is 0 Å². The number of aryl methyl sites for hydroxylation is 1. The summed E-state index contributed by atoms with van der Waals surface area (Å²) in [5.74, 6) is 1.53. The standard InChI is InChI=1S/C16H21FN2O/c1-12(2)10-18-9-5-8-16-19-11-15(20-16)13-6-3-4-7-14(13)17/h3-4,6-7,11-12,18H,5,8-10H2,1-2H3. The summed E-state index contributed by atoms with van der Waals surface area (Å²) >= 11 is 0. The van der Waals surface area contributed by atoms with E-state index < -0.39 is 0 Å². The zero-order valence-electron chi connectivity index (χ0n) is 12.0. The van der Waals surface area contributed by atoms with Gasteiger partial charge in [-0.1, -0.05) is 26.0 Å². The Labute approximate surface area is 119 Å². The van der Waals surface area contributed by atoms with Gasteiger partial charge in [0.25, 0.3) is 0 Å². The van der Waals surface area contributed by atoms with Gasteiger partial charge in [-0.2, -0.15) is 0 Å². The van der Waals surface area contributed by atoms with Crippen molar-refractivity contribution < 1.29 is 8.81 Å². The van der Waals surface area contributed by atoms with Crippen LogP contribution in [0.25, 0.3) is 11.3 Å². The smallest absolute Gasteiger partial charge is 0.194 e. The quantitative estimate of drug-likeness (QED) is 0.784. The Morgan fingerprint density at radius 1 is 1.30 bits per heavy atom. The molecule has 3 nitrogen and oxygen atoms in total. The van der Waals surface area contributed by atoms with Crippen LogP contribution in [0.3, 0.4) is 0 Å². The minimum atomic E-state index is -0.284. The van der Waals surface area contributed by atoms with Crippen LogP contribution in [0.4, 0.5) is 4.39 Å². The SMILES string of the molecule is CC(C)CNCCCc1ncc(-c2ccccc2F)o1. The summed E-state index contributed by atoms with van der Waals surface area (Å²) in [5, 5.41) is 3.37. The highest BCUT2D eigenvalue weighted by molar-refractivity contribution is 5.56. The molecule has 0 radical (unpaired) electrons. The van der Waals surface area contributed by atoms with Gasteiger partial charge in [-0.05, 0) is 37.6 Å². The number of benzene rings is 1. The average molecular weight is 276 g/mol. The van der Waals surface area contributed by atoms with E-state index in [4.69, 9.17) is 4.42 Å². The summed E-state index contributed by atoms with van der Waals surface area (Å²) < 4.78 is 19.2. The molecule has 2 rings (SSSR count). The number of hydrogen-bond acceptors (Lipinski definition) is 3. The third-order valence-corrected chi connectivity index (χ3v) is 2.99. The molecule has 4 heteroatoms. The van der Waals surface area contributed by atoms with Crippen LogP contribution in [0, 0.1) is 11.7 Å². The molecule has 0 atom stereocenters. The first-order valence-corrected chi connectivity index (χ1v) is 7.07. The lowest BCUT2D eigenvalue weighted by Crippen LogP contribution is -2.21. The predicted molar refractivity (Wildman–Crippen MR) is 77.9 cm³/mol. The summed E-state index contributed by atoms with van der Waals surface area (Å²) in [5.41, 5.74) is 0.462. The van der Waals surface area contributed by atoms with Crippen LogP contribution in [0.1, 0.15) is 26.2 Å². The van der Waals surface area contributed by atoms with Crippen molar-refractivity contribution in [3.05, 3.63) is 42.2 Å². The lowest BCUT2D eigenvalue weighted by molar-refractivity contribution is 0.481. The lowest BCUT2D eigenvalue weighted by atomic mass is 10.2. The number of rotatable bonds is 7. The Morgan fingerprint density at radius 2 is 2.10 bits per heavy atom. The molecule has 0 aliphatic rings. The molecule has 1 N–H and O–H groups in total. The Kier molecular flexibility index (Phi) is 5.30. The molecule has 0 amide bonds. The molecule has 0 bridgehead atoms. The Hall–Kier alpha value is -1.68. The van der Waals surface area contributed by atoms with Gasteiger partial charge in [0.1, 0.15) is 5.82 Å². The van der Waals surface area contributed by atoms with Gasteiger partial charge in [0.05, 0.1) is 11.8 Å². The van der Waals surface area contributed by atoms with Crippen LogP contribution in [-0.4, -0.2) is 18.1 Å². The summed E-state index contributed by atoms with van der Waals surface area (Å²) in [7, 11) is 0. The van der Waals surface area contributed by atoms with Gasteiger partial charge in [-0.3, -0.25) is 0 Å². The Balaban J connectivity index is 1.85. The third-order valence-electron chi connectivity index (χ3n) is 2.99. The molecule has 1 aromatic carbocycles. The first-order chi connectivity index (χ1) is 9.66. The molecular weight excluding hydrogens is 255 g/mol. The highest BCUT2D eigenvalue weighted by Crippen LogP contribution is 2.23. The minimum Gasteiger partial charge on any atom is -0.441 e. The number of aromatic nitrogens is 1. The Bertz CT molecular complexity index is 537. The predicted octanol–water partition coefficient (Wildman–Crippen LogP) is 3.66. The van der Waals surface area contributed by atoms with Gasteiger partial charge in [0.15, 0.2) is 11.7 Å². The van der Waals surface area contributed by atoms with Crippen molar-refractivity contribution in [3.8, 4) is 11.3 Å². The van der Waals surface area contributed by atoms with Crippen molar-refractivity contribution in [2.45, 2.75) is 26.7 Å². The number of hydrogen-bond donors (Lipinski definition) is 1. The highest BCUT2D eigenvalue weighted by atomic mass is 19.1. The maximum atomic E-state index is 13.6. The normalized spacial score (nSPS) is 11.2. The molecule has 0 saturated heterocycles. The van der Waals surface area contributed by atoms with Crippen molar-refractivity contribution in [2.24, 2.45) is 5.92 Å². The molecule has 0 fully saturated rings. The second kappa shape index (κ2) is 7.20. The van der Waals surface area contributed by atoms with Gasteiger partial charge < -0.3 is 9.73 Å². The Morgan fingerprint density at radius 3 is 2.85 bits per heavy atom. The summed E-state index contributed by atoms with van der Waals surface area (Å²) in [4.78, 5) is 4.21. The van der Waals surface area contributed by atoms with Crippen LogP contribution in [0.5, 0.6) is 0 Å². The summed E-state index contributed by atoms with van der Waals surface area (Å²) in [6.07, 6.45) is 3.32. The molecule has 0 unspecified atom stereocenters. The fourth-order valence-corrected chi connectivity index (χ4v) is 1.97. The van der Waals surface area contributed by atoms with Crippen LogP contribution < -0.4 is 5.32 Å². The third kappa shape index (κ3) is 4.17. The summed E-state index contributed by atoms with van der Waals surface area (Å²) in [6, 6.07) is 6.57. The molecule has 1 heterocycles. The van der Waals surface area contributed by atoms with E-state index in [1.54, 1.807) is 24.4 Å². The number of halogens is 1. The number of nitrogens with zero attached hydrogens (tertiary/aromatic N) is 1. The molecule has 0 aliphatic heterocycles. The molecular formula is C16H21FN2O. The molecule has 0 saturated carbocycles. The van der Waals surface area contributed by atoms with E-state index in [0.717, 1.165) is 25.9 Å². The van der Waals surface area contributed by atoms with Gasteiger partial charge in [0.2, 0.25) is 0 Å². The second-order valence-electron chi connectivity index (χ2n) is 5.30. The van der Waals surface area contributed by atoms with Crippen LogP contribution in [0.2, 0.25) is 0 Å². The topological polar surface area (TPSA) is 38.1 Å². The minimum absolute atomic E-state index is 0.284. The van der Waals surface area contributed by atoms with E-state index in [9.17, 15) is 4.39 Å². The van der Waals surface area contributed by atoms with E-state index in [1.165, 1.54) is 6.07 Å². The average Bonchev–Trinajstić information content (AvgIpc) is 2.87. The first-order valence-electron chi connectivity index (χ1n) is 7.07. The summed E-state index contributed by atoms with van der Waals surface area (Å²) in [6.45, 7) is 6.32. The largest absolute Gasteiger partial charge is 0.441 e. The zero-order valence-corrected chi connectivity index (χ0v) is 12.0. The molecule has 0 spiro atoms. The van der Waals surface area contributed by atoms with Crippen molar-refractivity contribution >= 4 is 0 Å². The molecule has 108 valence electrons. The lowest BCUT2D eigenvalue weighted by Gasteiger charge is -2.05. The fraction of sp³-hybridized carbons (Fsp3) is 0.438. The highest BCUT2D eigenvalue weighted by Gasteiger charge is 2.10. The number of nitrogens with one attached hydrogen (secondary N) is 1. The van der Waals surface area contributed by atoms with Crippen LogP contribution in [-0.2, 0) is 6.42 Å². The van der Waals surface area contributed by atoms with E-state index in [0.29, 0.717) is 23.1 Å². The monoisotopic (exact) mass is 276 g/mol. The van der Waals surface area contributed by atoms with Crippen molar-refractivity contribution in [3.63, 3.8) is 0 Å². The molecule has 0 aliphatic carbocycles.